The topological polar surface area (TPSA) is 77.1 Å². The van der Waals surface area contributed by atoms with Gasteiger partial charge in [0.1, 0.15) is 12.4 Å². The first-order valence-corrected chi connectivity index (χ1v) is 9.86. The van der Waals surface area contributed by atoms with E-state index in [2.05, 4.69) is 5.32 Å². The second-order valence-corrected chi connectivity index (χ2v) is 8.10. The lowest BCUT2D eigenvalue weighted by Crippen LogP contribution is -2.56. The largest absolute Gasteiger partial charge is 0.491 e. The van der Waals surface area contributed by atoms with Gasteiger partial charge < -0.3 is 19.5 Å². The van der Waals surface area contributed by atoms with Gasteiger partial charge in [-0.25, -0.2) is 4.79 Å². The van der Waals surface area contributed by atoms with Crippen molar-refractivity contribution in [2.24, 2.45) is 5.41 Å². The molecule has 0 aromatic heterocycles. The number of methoxy groups -OCH3 is 2. The summed E-state index contributed by atoms with van der Waals surface area (Å²) in [5.41, 5.74) is 0.639. The van der Waals surface area contributed by atoms with Gasteiger partial charge in [-0.1, -0.05) is 6.07 Å². The van der Waals surface area contributed by atoms with E-state index in [0.29, 0.717) is 19.0 Å². The number of rotatable bonds is 5. The van der Waals surface area contributed by atoms with E-state index in [1.165, 1.54) is 4.90 Å². The zero-order chi connectivity index (χ0) is 19.9. The Morgan fingerprint density at radius 1 is 1.18 bits per heavy atom. The van der Waals surface area contributed by atoms with Crippen molar-refractivity contribution in [3.05, 3.63) is 29.3 Å². The number of ether oxygens (including phenoxy) is 3. The molecule has 4 rings (SSSR count). The summed E-state index contributed by atoms with van der Waals surface area (Å²) in [6.07, 6.45) is 4.42. The van der Waals surface area contributed by atoms with Crippen LogP contribution in [0.2, 0.25) is 0 Å². The van der Waals surface area contributed by atoms with Gasteiger partial charge in [0.25, 0.3) is 5.91 Å². The summed E-state index contributed by atoms with van der Waals surface area (Å²) in [7, 11) is 4.92. The molecule has 3 aliphatic rings. The highest BCUT2D eigenvalue weighted by Crippen LogP contribution is 2.60. The molecule has 7 heteroatoms. The van der Waals surface area contributed by atoms with Crippen molar-refractivity contribution in [3.8, 4) is 5.75 Å². The van der Waals surface area contributed by atoms with Gasteiger partial charge in [-0.2, -0.15) is 0 Å². The number of nitrogens with one attached hydrogen (secondary N) is 1. The molecule has 2 aliphatic carbocycles. The Morgan fingerprint density at radius 3 is 2.54 bits per heavy atom. The van der Waals surface area contributed by atoms with Crippen LogP contribution < -0.4 is 10.1 Å². The van der Waals surface area contributed by atoms with Crippen LogP contribution in [0.4, 0.5) is 4.79 Å². The number of carbonyl (C=O) groups excluding carboxylic acids is 2. The van der Waals surface area contributed by atoms with Crippen molar-refractivity contribution in [3.63, 3.8) is 0 Å². The molecule has 152 valence electrons. The summed E-state index contributed by atoms with van der Waals surface area (Å²) < 4.78 is 16.4. The maximum absolute atomic E-state index is 13.4. The molecule has 1 saturated heterocycles. The maximum atomic E-state index is 13.4. The highest BCUT2D eigenvalue weighted by Gasteiger charge is 2.67. The van der Waals surface area contributed by atoms with Gasteiger partial charge in [-0.05, 0) is 55.4 Å². The molecule has 1 N–H and O–H groups in total. The molecule has 1 saturated carbocycles. The molecule has 1 aromatic rings. The highest BCUT2D eigenvalue weighted by molar-refractivity contribution is 6.08. The lowest BCUT2D eigenvalue weighted by Gasteiger charge is -2.46. The van der Waals surface area contributed by atoms with E-state index >= 15 is 0 Å². The summed E-state index contributed by atoms with van der Waals surface area (Å²) in [6.45, 7) is 0.923. The molecule has 1 heterocycles. The Balaban J connectivity index is 1.76. The van der Waals surface area contributed by atoms with E-state index in [1.54, 1.807) is 21.3 Å². The SMILES string of the molecule is COCCOc1ccc2c(c1)C1(NC(=O)N(C)C1=O)C1(CCC(OC)CC1)C2. The van der Waals surface area contributed by atoms with Crippen LogP contribution in [0.25, 0.3) is 0 Å². The van der Waals surface area contributed by atoms with Crippen molar-refractivity contribution in [2.75, 3.05) is 34.5 Å². The molecule has 0 bridgehead atoms. The number of hydrogen-bond acceptors (Lipinski definition) is 5. The van der Waals surface area contributed by atoms with Crippen molar-refractivity contribution in [1.82, 2.24) is 10.2 Å². The van der Waals surface area contributed by atoms with E-state index in [4.69, 9.17) is 14.2 Å². The monoisotopic (exact) mass is 388 g/mol. The smallest absolute Gasteiger partial charge is 0.325 e. The minimum Gasteiger partial charge on any atom is -0.491 e. The molecule has 3 amide bonds. The molecule has 2 fully saturated rings. The summed E-state index contributed by atoms with van der Waals surface area (Å²) >= 11 is 0. The van der Waals surface area contributed by atoms with Crippen molar-refractivity contribution in [1.29, 1.82) is 0 Å². The number of carbonyl (C=O) groups is 2. The first-order chi connectivity index (χ1) is 13.5. The second-order valence-electron chi connectivity index (χ2n) is 8.10. The number of benzene rings is 1. The Labute approximate surface area is 165 Å². The van der Waals surface area contributed by atoms with Crippen LogP contribution in [0.3, 0.4) is 0 Å². The number of hydrogen-bond donors (Lipinski definition) is 1. The Kier molecular flexibility index (Phi) is 4.83. The third-order valence-corrected chi connectivity index (χ3v) is 6.81. The molecular weight excluding hydrogens is 360 g/mol. The average molecular weight is 388 g/mol. The van der Waals surface area contributed by atoms with Gasteiger partial charge >= 0.3 is 6.03 Å². The van der Waals surface area contributed by atoms with Gasteiger partial charge in [0, 0.05) is 26.7 Å². The van der Waals surface area contributed by atoms with Crippen molar-refractivity contribution < 1.29 is 23.8 Å². The minimum atomic E-state index is -1.02. The third-order valence-electron chi connectivity index (χ3n) is 6.81. The van der Waals surface area contributed by atoms with Crippen LogP contribution in [0.1, 0.15) is 36.8 Å². The summed E-state index contributed by atoms with van der Waals surface area (Å²) in [6, 6.07) is 5.57. The van der Waals surface area contributed by atoms with Gasteiger partial charge in [0.2, 0.25) is 0 Å². The number of fused-ring (bicyclic) bond motifs is 3. The minimum absolute atomic E-state index is 0.166. The Morgan fingerprint density at radius 2 is 1.93 bits per heavy atom. The normalized spacial score (nSPS) is 31.5. The summed E-state index contributed by atoms with van der Waals surface area (Å²) in [5.74, 6) is 0.524. The Bertz CT molecular complexity index is 787. The van der Waals surface area contributed by atoms with Crippen LogP contribution in [-0.2, 0) is 26.2 Å². The van der Waals surface area contributed by atoms with Crippen LogP contribution in [0.5, 0.6) is 5.75 Å². The van der Waals surface area contributed by atoms with Crippen LogP contribution in [0, 0.1) is 5.41 Å². The average Bonchev–Trinajstić information content (AvgIpc) is 3.10. The quantitative estimate of drug-likeness (QED) is 0.618. The predicted molar refractivity (Wildman–Crippen MR) is 102 cm³/mol. The number of imide groups is 1. The van der Waals surface area contributed by atoms with Crippen molar-refractivity contribution >= 4 is 11.9 Å². The van der Waals surface area contributed by atoms with Crippen LogP contribution in [0.15, 0.2) is 18.2 Å². The molecule has 1 unspecified atom stereocenters. The van der Waals surface area contributed by atoms with E-state index in [-0.39, 0.29) is 23.5 Å². The first kappa shape index (κ1) is 19.2. The fourth-order valence-corrected chi connectivity index (χ4v) is 5.29. The Hall–Kier alpha value is -2.12. The molecule has 7 nitrogen and oxygen atoms in total. The molecule has 1 aromatic carbocycles. The fourth-order valence-electron chi connectivity index (χ4n) is 5.29. The number of nitrogens with zero attached hydrogens (tertiary/aromatic N) is 1. The summed E-state index contributed by atoms with van der Waals surface area (Å²) in [4.78, 5) is 27.2. The van der Waals surface area contributed by atoms with E-state index in [0.717, 1.165) is 43.2 Å². The maximum Gasteiger partial charge on any atom is 0.325 e. The standard InChI is InChI=1S/C21H28N2O5/c1-23-18(24)21(22-19(23)25)17-12-16(28-11-10-26-2)5-4-14(17)13-20(21)8-6-15(27-3)7-9-20/h4-5,12,15H,6-11,13H2,1-3H3,(H,22,25). The van der Waals surface area contributed by atoms with E-state index in [9.17, 15) is 9.59 Å². The fraction of sp³-hybridized carbons (Fsp3) is 0.619. The lowest BCUT2D eigenvalue weighted by molar-refractivity contribution is -0.137. The molecule has 1 aliphatic heterocycles. The number of likely N-dealkylation sites (N-methyl/N-ethyl adjacent to an activating group) is 1. The van der Waals surface area contributed by atoms with E-state index in [1.807, 2.05) is 18.2 Å². The summed E-state index contributed by atoms with van der Waals surface area (Å²) in [5, 5.41) is 3.09. The predicted octanol–water partition coefficient (Wildman–Crippen LogP) is 2.22. The second kappa shape index (κ2) is 7.04. The van der Waals surface area contributed by atoms with Crippen molar-refractivity contribution in [2.45, 2.75) is 43.7 Å². The van der Waals surface area contributed by atoms with Gasteiger partial charge in [0.05, 0.1) is 12.7 Å². The zero-order valence-electron chi connectivity index (χ0n) is 16.7. The molecule has 2 spiro atoms. The third kappa shape index (κ3) is 2.63. The van der Waals surface area contributed by atoms with Gasteiger partial charge in [0.15, 0.2) is 5.54 Å². The molecule has 1 atom stereocenters. The molecular formula is C21H28N2O5. The van der Waals surface area contributed by atoms with Crippen LogP contribution in [-0.4, -0.2) is 57.4 Å². The lowest BCUT2D eigenvalue weighted by atomic mass is 9.61. The van der Waals surface area contributed by atoms with Gasteiger partial charge in [-0.3, -0.25) is 9.69 Å². The van der Waals surface area contributed by atoms with Crippen LogP contribution >= 0.6 is 0 Å². The number of amides is 3. The zero-order valence-corrected chi connectivity index (χ0v) is 16.7. The van der Waals surface area contributed by atoms with Gasteiger partial charge in [-0.15, -0.1) is 0 Å². The molecule has 0 radical (unpaired) electrons. The highest BCUT2D eigenvalue weighted by atomic mass is 16.5. The molecule has 28 heavy (non-hydrogen) atoms. The first-order valence-electron chi connectivity index (χ1n) is 9.86. The van der Waals surface area contributed by atoms with E-state index < -0.39 is 5.54 Å². The number of urea groups is 1.